The Bertz CT molecular complexity index is 510. The highest BCUT2D eigenvalue weighted by atomic mass is 127. The molecule has 1 aromatic heterocycles. The first-order valence-electron chi connectivity index (χ1n) is 3.61. The van der Waals surface area contributed by atoms with Crippen molar-refractivity contribution >= 4 is 33.5 Å². The van der Waals surface area contributed by atoms with E-state index in [2.05, 4.69) is 0 Å². The largest absolute Gasteiger partial charge is 0.805 e. The standard InChI is InChI=1S/C9H4IN2O/c10-9-4-7-3-6(5-11)1-2-8(7)12(9)13/h1-4H/q-1. The summed E-state index contributed by atoms with van der Waals surface area (Å²) in [6.45, 7) is 0. The Morgan fingerprint density at radius 1 is 1.38 bits per heavy atom. The summed E-state index contributed by atoms with van der Waals surface area (Å²) in [4.78, 5) is 0. The molecule has 0 aliphatic heterocycles. The van der Waals surface area contributed by atoms with Gasteiger partial charge in [-0.3, -0.25) is 0 Å². The molecule has 0 radical (unpaired) electrons. The molecule has 0 aliphatic carbocycles. The summed E-state index contributed by atoms with van der Waals surface area (Å²) < 4.78 is 1.49. The Kier molecular flexibility index (Phi) is 1.88. The predicted molar refractivity (Wildman–Crippen MR) is 58.1 cm³/mol. The van der Waals surface area contributed by atoms with E-state index in [0.717, 1.165) is 10.1 Å². The number of fused-ring (bicyclic) bond motifs is 1. The maximum atomic E-state index is 11.4. The third kappa shape index (κ3) is 1.25. The number of nitriles is 1. The summed E-state index contributed by atoms with van der Waals surface area (Å²) in [6.07, 6.45) is 0. The van der Waals surface area contributed by atoms with Crippen LogP contribution in [0.1, 0.15) is 5.56 Å². The topological polar surface area (TPSA) is 51.8 Å². The summed E-state index contributed by atoms with van der Waals surface area (Å²) in [5, 5.41) is 20.8. The zero-order valence-corrected chi connectivity index (χ0v) is 8.65. The maximum Gasteiger partial charge on any atom is 0.0991 e. The van der Waals surface area contributed by atoms with Crippen molar-refractivity contribution in [3.05, 3.63) is 38.7 Å². The molecule has 0 saturated carbocycles. The zero-order chi connectivity index (χ0) is 9.42. The number of nitrogens with zero attached hydrogens (tertiary/aromatic N) is 2. The van der Waals surface area contributed by atoms with Crippen LogP contribution in [0.2, 0.25) is 0 Å². The highest BCUT2D eigenvalue weighted by molar-refractivity contribution is 14.1. The molecular weight excluding hydrogens is 279 g/mol. The van der Waals surface area contributed by atoms with Gasteiger partial charge in [0, 0.05) is 10.9 Å². The zero-order valence-electron chi connectivity index (χ0n) is 6.49. The highest BCUT2D eigenvalue weighted by Crippen LogP contribution is 2.21. The van der Waals surface area contributed by atoms with Gasteiger partial charge in [0.15, 0.2) is 0 Å². The number of aromatic nitrogens is 1. The average Bonchev–Trinajstić information content (AvgIpc) is 2.42. The Balaban J connectivity index is 2.82. The summed E-state index contributed by atoms with van der Waals surface area (Å²) in [5.41, 5.74) is 1.19. The van der Waals surface area contributed by atoms with Crippen molar-refractivity contribution in [2.24, 2.45) is 0 Å². The lowest BCUT2D eigenvalue weighted by molar-refractivity contribution is 1.11. The molecule has 0 unspecified atom stereocenters. The normalized spacial score (nSPS) is 10.2. The van der Waals surface area contributed by atoms with Crippen molar-refractivity contribution in [1.82, 2.24) is 4.73 Å². The molecule has 2 rings (SSSR count). The molecule has 0 saturated heterocycles. The van der Waals surface area contributed by atoms with Crippen molar-refractivity contribution in [3.63, 3.8) is 0 Å². The van der Waals surface area contributed by atoms with Gasteiger partial charge < -0.3 is 9.94 Å². The summed E-state index contributed by atoms with van der Waals surface area (Å²) in [7, 11) is 0. The minimum absolute atomic E-state index is 0.578. The highest BCUT2D eigenvalue weighted by Gasteiger charge is 2.00. The summed E-state index contributed by atoms with van der Waals surface area (Å²) >= 11 is 1.97. The van der Waals surface area contributed by atoms with E-state index < -0.39 is 0 Å². The van der Waals surface area contributed by atoms with Gasteiger partial charge in [-0.15, -0.1) is 0 Å². The lowest BCUT2D eigenvalue weighted by Crippen LogP contribution is -1.86. The molecule has 0 amide bonds. The van der Waals surface area contributed by atoms with Crippen LogP contribution in [-0.4, -0.2) is 4.73 Å². The van der Waals surface area contributed by atoms with Crippen LogP contribution in [0.15, 0.2) is 24.3 Å². The molecule has 1 aromatic carbocycles. The molecule has 64 valence electrons. The van der Waals surface area contributed by atoms with E-state index in [9.17, 15) is 5.21 Å². The van der Waals surface area contributed by atoms with Gasteiger partial charge in [0.25, 0.3) is 0 Å². The van der Waals surface area contributed by atoms with Crippen LogP contribution in [0.5, 0.6) is 0 Å². The Morgan fingerprint density at radius 2 is 2.15 bits per heavy atom. The summed E-state index contributed by atoms with van der Waals surface area (Å²) in [5.74, 6) is 0. The molecular formula is C9H4IN2O-. The third-order valence-electron chi connectivity index (χ3n) is 1.84. The van der Waals surface area contributed by atoms with Gasteiger partial charge in [0.2, 0.25) is 0 Å². The Hall–Kier alpha value is -1.22. The first-order chi connectivity index (χ1) is 6.22. The predicted octanol–water partition coefficient (Wildman–Crippen LogP) is 2.46. The van der Waals surface area contributed by atoms with E-state index in [0.29, 0.717) is 14.8 Å². The second kappa shape index (κ2) is 2.92. The molecule has 0 bridgehead atoms. The number of rotatable bonds is 0. The van der Waals surface area contributed by atoms with Crippen molar-refractivity contribution < 1.29 is 0 Å². The molecule has 13 heavy (non-hydrogen) atoms. The van der Waals surface area contributed by atoms with E-state index in [-0.39, 0.29) is 0 Å². The van der Waals surface area contributed by atoms with Gasteiger partial charge in [-0.25, -0.2) is 0 Å². The lowest BCUT2D eigenvalue weighted by atomic mass is 10.2. The molecule has 1 heterocycles. The first-order valence-corrected chi connectivity index (χ1v) is 4.69. The number of hydrogen-bond donors (Lipinski definition) is 0. The van der Waals surface area contributed by atoms with Gasteiger partial charge in [-0.2, -0.15) is 5.26 Å². The number of hydrogen-bond acceptors (Lipinski definition) is 2. The first kappa shape index (κ1) is 8.38. The van der Waals surface area contributed by atoms with Crippen LogP contribution in [0, 0.1) is 20.2 Å². The van der Waals surface area contributed by atoms with Crippen molar-refractivity contribution in [2.75, 3.05) is 0 Å². The lowest BCUT2D eigenvalue weighted by Gasteiger charge is -2.09. The van der Waals surface area contributed by atoms with Gasteiger partial charge in [0.1, 0.15) is 0 Å². The van der Waals surface area contributed by atoms with Crippen LogP contribution in [0.25, 0.3) is 10.9 Å². The summed E-state index contributed by atoms with van der Waals surface area (Å²) in [6, 6.07) is 8.83. The number of benzene rings is 1. The van der Waals surface area contributed by atoms with Gasteiger partial charge in [-0.05, 0) is 46.9 Å². The molecule has 3 nitrogen and oxygen atoms in total. The van der Waals surface area contributed by atoms with Crippen LogP contribution < -0.4 is 0 Å². The molecule has 4 heteroatoms. The average molecular weight is 283 g/mol. The maximum absolute atomic E-state index is 11.4. The smallest absolute Gasteiger partial charge is 0.0991 e. The van der Waals surface area contributed by atoms with Crippen molar-refractivity contribution in [1.29, 1.82) is 5.26 Å². The molecule has 2 aromatic rings. The third-order valence-corrected chi connectivity index (χ3v) is 2.59. The SMILES string of the molecule is N#Cc1ccc2c(c1)cc(I)n2[O-]. The van der Waals surface area contributed by atoms with E-state index >= 15 is 0 Å². The van der Waals surface area contributed by atoms with Crippen molar-refractivity contribution in [2.45, 2.75) is 0 Å². The molecule has 0 fully saturated rings. The second-order valence-corrected chi connectivity index (χ2v) is 3.75. The molecule has 0 aliphatic rings. The van der Waals surface area contributed by atoms with Crippen LogP contribution in [-0.2, 0) is 0 Å². The Morgan fingerprint density at radius 3 is 2.85 bits per heavy atom. The van der Waals surface area contributed by atoms with Crippen LogP contribution in [0.3, 0.4) is 0 Å². The van der Waals surface area contributed by atoms with E-state index in [1.807, 2.05) is 28.7 Å². The fourth-order valence-corrected chi connectivity index (χ4v) is 1.82. The van der Waals surface area contributed by atoms with Gasteiger partial charge in [-0.1, -0.05) is 0 Å². The molecule has 0 spiro atoms. The Labute approximate surface area is 88.3 Å². The van der Waals surface area contributed by atoms with E-state index in [4.69, 9.17) is 5.26 Å². The van der Waals surface area contributed by atoms with Gasteiger partial charge >= 0.3 is 0 Å². The minimum atomic E-state index is 0.578. The van der Waals surface area contributed by atoms with Crippen LogP contribution >= 0.6 is 22.6 Å². The van der Waals surface area contributed by atoms with Crippen LogP contribution in [0.4, 0.5) is 0 Å². The monoisotopic (exact) mass is 283 g/mol. The van der Waals surface area contributed by atoms with Crippen molar-refractivity contribution in [3.8, 4) is 6.07 Å². The van der Waals surface area contributed by atoms with E-state index in [1.54, 1.807) is 24.3 Å². The molecule has 0 atom stereocenters. The fraction of sp³-hybridized carbons (Fsp3) is 0. The quantitative estimate of drug-likeness (QED) is 0.697. The fourth-order valence-electron chi connectivity index (χ4n) is 1.23. The van der Waals surface area contributed by atoms with Gasteiger partial charge in [0.05, 0.1) is 15.3 Å². The second-order valence-electron chi connectivity index (χ2n) is 2.65. The van der Waals surface area contributed by atoms with E-state index in [1.165, 1.54) is 0 Å². The minimum Gasteiger partial charge on any atom is -0.805 e. The molecule has 0 N–H and O–H groups in total. The number of halogens is 1.